The molecule has 26 heavy (non-hydrogen) atoms. The second kappa shape index (κ2) is 9.16. The summed E-state index contributed by atoms with van der Waals surface area (Å²) in [5, 5.41) is 1.16. The summed E-state index contributed by atoms with van der Waals surface area (Å²) >= 11 is 14.1. The Morgan fingerprint density at radius 1 is 1.15 bits per heavy atom. The number of thioether (sulfide) groups is 1. The zero-order valence-corrected chi connectivity index (χ0v) is 17.2. The molecular formula is C21H23Cl2NOS. The van der Waals surface area contributed by atoms with Crippen LogP contribution in [-0.4, -0.2) is 23.1 Å². The van der Waals surface area contributed by atoms with Crippen LogP contribution >= 0.6 is 35.0 Å². The van der Waals surface area contributed by atoms with Crippen LogP contribution < -0.4 is 0 Å². The predicted molar refractivity (Wildman–Crippen MR) is 112 cm³/mol. The van der Waals surface area contributed by atoms with Gasteiger partial charge in [0.2, 0.25) is 0 Å². The third kappa shape index (κ3) is 4.57. The van der Waals surface area contributed by atoms with Gasteiger partial charge in [-0.15, -0.1) is 11.8 Å². The molecule has 138 valence electrons. The second-order valence-corrected chi connectivity index (χ2v) is 8.57. The Hall–Kier alpha value is -1.16. The van der Waals surface area contributed by atoms with E-state index in [4.69, 9.17) is 23.2 Å². The first-order chi connectivity index (χ1) is 12.6. The summed E-state index contributed by atoms with van der Waals surface area (Å²) in [5.41, 5.74) is 2.98. The highest BCUT2D eigenvalue weighted by atomic mass is 35.5. The van der Waals surface area contributed by atoms with E-state index in [2.05, 4.69) is 19.1 Å². The smallest absolute Gasteiger partial charge is 0.255 e. The van der Waals surface area contributed by atoms with E-state index in [-0.39, 0.29) is 11.3 Å². The molecule has 1 saturated heterocycles. The molecule has 1 fully saturated rings. The van der Waals surface area contributed by atoms with Crippen molar-refractivity contribution in [2.75, 3.05) is 12.3 Å². The number of amides is 1. The highest BCUT2D eigenvalue weighted by molar-refractivity contribution is 7.99. The molecule has 0 aliphatic carbocycles. The molecule has 1 unspecified atom stereocenters. The van der Waals surface area contributed by atoms with Crippen molar-refractivity contribution in [3.8, 4) is 0 Å². The van der Waals surface area contributed by atoms with Gasteiger partial charge in [0, 0.05) is 33.5 Å². The highest BCUT2D eigenvalue weighted by Crippen LogP contribution is 2.42. The molecule has 0 aromatic heterocycles. The number of benzene rings is 2. The Morgan fingerprint density at radius 2 is 1.92 bits per heavy atom. The Bertz CT molecular complexity index is 763. The number of carbonyl (C=O) groups excluding carboxylic acids is 1. The van der Waals surface area contributed by atoms with Crippen molar-refractivity contribution < 1.29 is 4.79 Å². The molecule has 0 saturated carbocycles. The van der Waals surface area contributed by atoms with E-state index >= 15 is 0 Å². The van der Waals surface area contributed by atoms with E-state index in [0.717, 1.165) is 29.8 Å². The Balaban J connectivity index is 1.73. The summed E-state index contributed by atoms with van der Waals surface area (Å²) in [4.78, 5) is 14.9. The molecule has 2 aromatic carbocycles. The first kappa shape index (κ1) is 19.6. The second-order valence-electron chi connectivity index (χ2n) is 6.54. The topological polar surface area (TPSA) is 20.3 Å². The molecular weight excluding hydrogens is 385 g/mol. The molecule has 1 heterocycles. The van der Waals surface area contributed by atoms with Crippen LogP contribution in [0.2, 0.25) is 10.0 Å². The standard InChI is InChI=1S/C21H23Cl2NOS/c1-2-3-4-5-15-6-8-16(9-7-15)20(25)24-12-13-26-21(24)18-11-10-17(22)14-19(18)23/h6-11,14,21H,2-5,12-13H2,1H3. The monoisotopic (exact) mass is 407 g/mol. The van der Waals surface area contributed by atoms with Gasteiger partial charge in [-0.1, -0.05) is 61.2 Å². The number of hydrogen-bond acceptors (Lipinski definition) is 2. The predicted octanol–water partition coefficient (Wildman–Crippen LogP) is 6.61. The van der Waals surface area contributed by atoms with Crippen molar-refractivity contribution in [2.45, 2.75) is 38.0 Å². The SMILES string of the molecule is CCCCCc1ccc(C(=O)N2CCSC2c2ccc(Cl)cc2Cl)cc1. The average Bonchev–Trinajstić information content (AvgIpc) is 3.11. The zero-order chi connectivity index (χ0) is 18.5. The molecule has 5 heteroatoms. The molecule has 3 rings (SSSR count). The minimum absolute atomic E-state index is 0.0588. The van der Waals surface area contributed by atoms with Gasteiger partial charge in [0.15, 0.2) is 0 Å². The third-order valence-corrected chi connectivity index (χ3v) is 6.46. The average molecular weight is 408 g/mol. The summed E-state index contributed by atoms with van der Waals surface area (Å²) in [6.07, 6.45) is 4.74. The van der Waals surface area contributed by atoms with E-state index in [1.54, 1.807) is 17.8 Å². The number of aryl methyl sites for hydroxylation is 1. The van der Waals surface area contributed by atoms with Gasteiger partial charge in [-0.3, -0.25) is 4.79 Å². The normalized spacial score (nSPS) is 16.9. The maximum Gasteiger partial charge on any atom is 0.255 e. The van der Waals surface area contributed by atoms with Crippen LogP contribution in [0.3, 0.4) is 0 Å². The number of carbonyl (C=O) groups is 1. The van der Waals surface area contributed by atoms with Gasteiger partial charge < -0.3 is 4.90 Å². The van der Waals surface area contributed by atoms with E-state index in [9.17, 15) is 4.79 Å². The molecule has 0 radical (unpaired) electrons. The van der Waals surface area contributed by atoms with Crippen molar-refractivity contribution in [1.82, 2.24) is 4.90 Å². The van der Waals surface area contributed by atoms with Crippen LogP contribution in [-0.2, 0) is 6.42 Å². The van der Waals surface area contributed by atoms with Gasteiger partial charge in [0.05, 0.1) is 0 Å². The molecule has 2 aromatic rings. The summed E-state index contributed by atoms with van der Waals surface area (Å²) in [7, 11) is 0. The van der Waals surface area contributed by atoms with Crippen LogP contribution in [0.4, 0.5) is 0 Å². The molecule has 0 N–H and O–H groups in total. The summed E-state index contributed by atoms with van der Waals surface area (Å²) in [6.45, 7) is 2.94. The quantitative estimate of drug-likeness (QED) is 0.501. The number of halogens is 2. The molecule has 1 atom stereocenters. The molecule has 0 spiro atoms. The molecule has 1 aliphatic heterocycles. The first-order valence-electron chi connectivity index (χ1n) is 9.06. The first-order valence-corrected chi connectivity index (χ1v) is 10.9. The lowest BCUT2D eigenvalue weighted by Gasteiger charge is -2.25. The van der Waals surface area contributed by atoms with Gasteiger partial charge in [0.1, 0.15) is 5.37 Å². The van der Waals surface area contributed by atoms with Crippen LogP contribution in [0.25, 0.3) is 0 Å². The lowest BCUT2D eigenvalue weighted by atomic mass is 10.0. The number of nitrogens with zero attached hydrogens (tertiary/aromatic N) is 1. The largest absolute Gasteiger partial charge is 0.322 e. The van der Waals surface area contributed by atoms with E-state index in [0.29, 0.717) is 10.0 Å². The Morgan fingerprint density at radius 3 is 2.62 bits per heavy atom. The van der Waals surface area contributed by atoms with Gasteiger partial charge in [-0.25, -0.2) is 0 Å². The van der Waals surface area contributed by atoms with Crippen molar-refractivity contribution in [2.24, 2.45) is 0 Å². The molecule has 1 amide bonds. The van der Waals surface area contributed by atoms with Crippen LogP contribution in [0.15, 0.2) is 42.5 Å². The fourth-order valence-corrected chi connectivity index (χ4v) is 5.06. The number of rotatable bonds is 6. The van der Waals surface area contributed by atoms with Crippen LogP contribution in [0, 0.1) is 0 Å². The van der Waals surface area contributed by atoms with Crippen LogP contribution in [0.5, 0.6) is 0 Å². The fraction of sp³-hybridized carbons (Fsp3) is 0.381. The Labute approximate surface area is 169 Å². The van der Waals surface area contributed by atoms with Crippen molar-refractivity contribution in [1.29, 1.82) is 0 Å². The van der Waals surface area contributed by atoms with Crippen molar-refractivity contribution in [3.05, 3.63) is 69.2 Å². The maximum absolute atomic E-state index is 13.0. The van der Waals surface area contributed by atoms with Gasteiger partial charge in [0.25, 0.3) is 5.91 Å². The van der Waals surface area contributed by atoms with Crippen LogP contribution in [0.1, 0.15) is 53.0 Å². The van der Waals surface area contributed by atoms with E-state index < -0.39 is 0 Å². The van der Waals surface area contributed by atoms with E-state index in [1.807, 2.05) is 29.2 Å². The molecule has 0 bridgehead atoms. The third-order valence-electron chi connectivity index (χ3n) is 4.65. The fourth-order valence-electron chi connectivity index (χ4n) is 3.20. The minimum Gasteiger partial charge on any atom is -0.322 e. The lowest BCUT2D eigenvalue weighted by Crippen LogP contribution is -2.30. The van der Waals surface area contributed by atoms with Gasteiger partial charge in [-0.2, -0.15) is 0 Å². The molecule has 1 aliphatic rings. The van der Waals surface area contributed by atoms with Gasteiger partial charge in [-0.05, 0) is 42.7 Å². The zero-order valence-electron chi connectivity index (χ0n) is 14.9. The van der Waals surface area contributed by atoms with E-state index in [1.165, 1.54) is 24.8 Å². The number of hydrogen-bond donors (Lipinski definition) is 0. The van der Waals surface area contributed by atoms with Crippen molar-refractivity contribution in [3.63, 3.8) is 0 Å². The summed E-state index contributed by atoms with van der Waals surface area (Å²) < 4.78 is 0. The lowest BCUT2D eigenvalue weighted by molar-refractivity contribution is 0.0760. The van der Waals surface area contributed by atoms with Gasteiger partial charge >= 0.3 is 0 Å². The molecule has 2 nitrogen and oxygen atoms in total. The number of unbranched alkanes of at least 4 members (excludes halogenated alkanes) is 2. The highest BCUT2D eigenvalue weighted by Gasteiger charge is 2.32. The Kier molecular flexibility index (Phi) is 6.91. The maximum atomic E-state index is 13.0. The summed E-state index contributed by atoms with van der Waals surface area (Å²) in [5.74, 6) is 0.968. The minimum atomic E-state index is -0.0588. The summed E-state index contributed by atoms with van der Waals surface area (Å²) in [6, 6.07) is 13.6. The van der Waals surface area contributed by atoms with Crippen molar-refractivity contribution >= 4 is 40.9 Å².